The van der Waals surface area contributed by atoms with Crippen LogP contribution in [0.2, 0.25) is 10.3 Å². The van der Waals surface area contributed by atoms with Crippen LogP contribution in [0, 0.1) is 13.8 Å². The van der Waals surface area contributed by atoms with Crippen molar-refractivity contribution in [2.45, 2.75) is 13.8 Å². The summed E-state index contributed by atoms with van der Waals surface area (Å²) in [5, 5.41) is 0.940. The summed E-state index contributed by atoms with van der Waals surface area (Å²) in [4.78, 5) is 8.35. The van der Waals surface area contributed by atoms with E-state index >= 15 is 0 Å². The highest BCUT2D eigenvalue weighted by molar-refractivity contribution is 6.30. The topological polar surface area (TPSA) is 25.8 Å². The van der Waals surface area contributed by atoms with Crippen LogP contribution in [0.3, 0.4) is 0 Å². The summed E-state index contributed by atoms with van der Waals surface area (Å²) in [5.41, 5.74) is 3.92. The molecule has 4 heteroatoms. The van der Waals surface area contributed by atoms with Crippen LogP contribution in [0.25, 0.3) is 11.3 Å². The van der Waals surface area contributed by atoms with Crippen molar-refractivity contribution < 1.29 is 0 Å². The zero-order chi connectivity index (χ0) is 11.7. The molecule has 2 aromatic heterocycles. The lowest BCUT2D eigenvalue weighted by Crippen LogP contribution is -1.92. The van der Waals surface area contributed by atoms with Gasteiger partial charge < -0.3 is 0 Å². The molecular weight excluding hydrogens is 243 g/mol. The number of aromatic nitrogens is 2. The number of rotatable bonds is 1. The van der Waals surface area contributed by atoms with Crippen LogP contribution in [0.5, 0.6) is 0 Å². The van der Waals surface area contributed by atoms with Crippen LogP contribution in [-0.2, 0) is 0 Å². The maximum Gasteiger partial charge on any atom is 0.129 e. The Bertz CT molecular complexity index is 489. The summed E-state index contributed by atoms with van der Waals surface area (Å²) in [6.45, 7) is 3.97. The smallest absolute Gasteiger partial charge is 0.129 e. The molecule has 0 aliphatic heterocycles. The minimum absolute atomic E-state index is 0.460. The Labute approximate surface area is 104 Å². The van der Waals surface area contributed by atoms with Gasteiger partial charge in [-0.05, 0) is 37.1 Å². The van der Waals surface area contributed by atoms with Gasteiger partial charge in [-0.3, -0.25) is 0 Å². The first kappa shape index (κ1) is 11.4. The summed E-state index contributed by atoms with van der Waals surface area (Å²) < 4.78 is 0. The third kappa shape index (κ3) is 2.18. The Morgan fingerprint density at radius 1 is 1.00 bits per heavy atom. The lowest BCUT2D eigenvalue weighted by Gasteiger charge is -2.08. The molecule has 0 fully saturated rings. The van der Waals surface area contributed by atoms with Gasteiger partial charge in [0.2, 0.25) is 0 Å². The number of aryl methyl sites for hydroxylation is 2. The van der Waals surface area contributed by atoms with Crippen molar-refractivity contribution in [3.63, 3.8) is 0 Å². The lowest BCUT2D eigenvalue weighted by molar-refractivity contribution is 1.22. The molecule has 0 N–H and O–H groups in total. The Morgan fingerprint density at radius 3 is 2.50 bits per heavy atom. The molecule has 16 heavy (non-hydrogen) atoms. The molecule has 0 spiro atoms. The van der Waals surface area contributed by atoms with Crippen LogP contribution < -0.4 is 0 Å². The fraction of sp³-hybridized carbons (Fsp3) is 0.167. The molecule has 0 atom stereocenters. The van der Waals surface area contributed by atoms with E-state index in [1.165, 1.54) is 0 Å². The molecule has 0 saturated carbocycles. The van der Waals surface area contributed by atoms with Crippen molar-refractivity contribution in [3.05, 3.63) is 45.8 Å². The van der Waals surface area contributed by atoms with Gasteiger partial charge in [0.25, 0.3) is 0 Å². The van der Waals surface area contributed by atoms with Crippen molar-refractivity contribution in [1.82, 2.24) is 9.97 Å². The van der Waals surface area contributed by atoms with Gasteiger partial charge in [-0.1, -0.05) is 29.3 Å². The fourth-order valence-electron chi connectivity index (χ4n) is 1.53. The first-order valence-corrected chi connectivity index (χ1v) is 5.59. The number of hydrogen-bond acceptors (Lipinski definition) is 2. The third-order valence-corrected chi connectivity index (χ3v) is 2.81. The van der Waals surface area contributed by atoms with Gasteiger partial charge in [0.1, 0.15) is 10.3 Å². The molecule has 2 aromatic rings. The van der Waals surface area contributed by atoms with Crippen molar-refractivity contribution in [2.75, 3.05) is 0 Å². The predicted octanol–water partition coefficient (Wildman–Crippen LogP) is 4.07. The second-order valence-electron chi connectivity index (χ2n) is 3.62. The van der Waals surface area contributed by atoms with Crippen LogP contribution in [0.4, 0.5) is 0 Å². The maximum absolute atomic E-state index is 5.90. The van der Waals surface area contributed by atoms with Crippen LogP contribution in [0.15, 0.2) is 24.4 Å². The van der Waals surface area contributed by atoms with Gasteiger partial charge in [0.05, 0.1) is 5.69 Å². The largest absolute Gasteiger partial charge is 0.244 e. The molecular formula is C12H10Cl2N2. The summed E-state index contributed by atoms with van der Waals surface area (Å²) in [6, 6.07) is 5.53. The van der Waals surface area contributed by atoms with Crippen LogP contribution >= 0.6 is 23.2 Å². The van der Waals surface area contributed by atoms with E-state index in [1.54, 1.807) is 12.3 Å². The molecule has 2 nitrogen and oxygen atoms in total. The third-order valence-electron chi connectivity index (χ3n) is 2.39. The molecule has 82 valence electrons. The van der Waals surface area contributed by atoms with E-state index in [9.17, 15) is 0 Å². The van der Waals surface area contributed by atoms with Crippen LogP contribution in [-0.4, -0.2) is 9.97 Å². The van der Waals surface area contributed by atoms with Crippen molar-refractivity contribution >= 4 is 23.2 Å². The molecule has 0 aliphatic carbocycles. The normalized spacial score (nSPS) is 10.5. The Morgan fingerprint density at radius 2 is 1.75 bits per heavy atom. The summed E-state index contributed by atoms with van der Waals surface area (Å²) in [6.07, 6.45) is 1.74. The average molecular weight is 253 g/mol. The highest BCUT2D eigenvalue weighted by Crippen LogP contribution is 2.27. The lowest BCUT2D eigenvalue weighted by atomic mass is 10.0. The van der Waals surface area contributed by atoms with Crippen molar-refractivity contribution in [1.29, 1.82) is 0 Å². The first-order valence-electron chi connectivity index (χ1n) is 4.83. The van der Waals surface area contributed by atoms with Crippen LogP contribution in [0.1, 0.15) is 11.1 Å². The molecule has 0 aliphatic rings. The number of halogens is 2. The fourth-order valence-corrected chi connectivity index (χ4v) is 1.84. The molecule has 0 amide bonds. The SMILES string of the molecule is Cc1cnc(Cl)cc1-c1nc(Cl)ccc1C. The average Bonchev–Trinajstić information content (AvgIpc) is 2.25. The highest BCUT2D eigenvalue weighted by Gasteiger charge is 2.08. The van der Waals surface area contributed by atoms with E-state index in [0.29, 0.717) is 10.3 Å². The van der Waals surface area contributed by atoms with Gasteiger partial charge in [0, 0.05) is 11.8 Å². The van der Waals surface area contributed by atoms with Gasteiger partial charge in [0.15, 0.2) is 0 Å². The minimum Gasteiger partial charge on any atom is -0.244 e. The summed E-state index contributed by atoms with van der Waals surface area (Å²) in [7, 11) is 0. The Balaban J connectivity index is 2.66. The second kappa shape index (κ2) is 4.40. The van der Waals surface area contributed by atoms with Gasteiger partial charge in [-0.25, -0.2) is 9.97 Å². The van der Waals surface area contributed by atoms with Gasteiger partial charge in [-0.2, -0.15) is 0 Å². The molecule has 2 heterocycles. The van der Waals surface area contributed by atoms with E-state index in [1.807, 2.05) is 26.0 Å². The number of pyridine rings is 2. The predicted molar refractivity (Wildman–Crippen MR) is 67.0 cm³/mol. The molecule has 0 unspecified atom stereocenters. The summed E-state index contributed by atoms with van der Waals surface area (Å²) >= 11 is 11.8. The molecule has 0 bridgehead atoms. The first-order chi connectivity index (χ1) is 7.58. The summed E-state index contributed by atoms with van der Waals surface area (Å²) in [5.74, 6) is 0. The van der Waals surface area contributed by atoms with E-state index in [0.717, 1.165) is 22.4 Å². The molecule has 2 rings (SSSR count). The number of nitrogens with zero attached hydrogens (tertiary/aromatic N) is 2. The second-order valence-corrected chi connectivity index (χ2v) is 4.40. The maximum atomic E-state index is 5.90. The molecule has 0 radical (unpaired) electrons. The van der Waals surface area contributed by atoms with Crippen molar-refractivity contribution in [2.24, 2.45) is 0 Å². The van der Waals surface area contributed by atoms with Gasteiger partial charge >= 0.3 is 0 Å². The van der Waals surface area contributed by atoms with E-state index in [2.05, 4.69) is 9.97 Å². The quantitative estimate of drug-likeness (QED) is 0.716. The van der Waals surface area contributed by atoms with Gasteiger partial charge in [-0.15, -0.1) is 0 Å². The zero-order valence-electron chi connectivity index (χ0n) is 8.96. The standard InChI is InChI=1S/C12H10Cl2N2/c1-7-3-4-10(13)16-12(7)9-5-11(14)15-6-8(9)2/h3-6H,1-2H3. The number of hydrogen-bond donors (Lipinski definition) is 0. The Kier molecular flexibility index (Phi) is 3.13. The zero-order valence-corrected chi connectivity index (χ0v) is 10.5. The van der Waals surface area contributed by atoms with E-state index < -0.39 is 0 Å². The monoisotopic (exact) mass is 252 g/mol. The Hall–Kier alpha value is -1.12. The molecule has 0 saturated heterocycles. The molecule has 0 aromatic carbocycles. The van der Waals surface area contributed by atoms with Crippen molar-refractivity contribution in [3.8, 4) is 11.3 Å². The van der Waals surface area contributed by atoms with E-state index in [4.69, 9.17) is 23.2 Å². The van der Waals surface area contributed by atoms with E-state index in [-0.39, 0.29) is 0 Å². The minimum atomic E-state index is 0.460. The highest BCUT2D eigenvalue weighted by atomic mass is 35.5.